The van der Waals surface area contributed by atoms with Crippen LogP contribution in [0.2, 0.25) is 0 Å². The number of nitrogens with one attached hydrogen (secondary N) is 1. The van der Waals surface area contributed by atoms with Crippen LogP contribution < -0.4 is 5.56 Å². The summed E-state index contributed by atoms with van der Waals surface area (Å²) >= 11 is 8.28. The van der Waals surface area contributed by atoms with Crippen LogP contribution in [-0.2, 0) is 5.88 Å². The second-order valence-corrected chi connectivity index (χ2v) is 3.44. The molecule has 6 heteroatoms. The topological polar surface area (TPSA) is 32.9 Å². The third-order valence-electron chi connectivity index (χ3n) is 1.51. The Labute approximate surface area is 86.0 Å². The molecule has 0 aromatic carbocycles. The van der Waals surface area contributed by atoms with Gasteiger partial charge in [-0.3, -0.25) is 4.79 Å². The standard InChI is InChI=1S/C7H5BrClF2NO/c8-5-1-3(6(10)11)4(2-9)7(13)12-5/h1,6H,2H2,(H,12,13). The Hall–Kier alpha value is -0.420. The van der Waals surface area contributed by atoms with Gasteiger partial charge in [0.05, 0.1) is 10.5 Å². The highest BCUT2D eigenvalue weighted by Gasteiger charge is 2.15. The van der Waals surface area contributed by atoms with Crippen LogP contribution in [0, 0.1) is 0 Å². The maximum Gasteiger partial charge on any atom is 0.264 e. The highest BCUT2D eigenvalue weighted by Crippen LogP contribution is 2.23. The first kappa shape index (κ1) is 10.7. The van der Waals surface area contributed by atoms with Gasteiger partial charge in [-0.1, -0.05) is 0 Å². The van der Waals surface area contributed by atoms with Crippen LogP contribution in [0.15, 0.2) is 15.5 Å². The molecule has 1 aromatic rings. The molecular weight excluding hydrogens is 267 g/mol. The van der Waals surface area contributed by atoms with Crippen molar-refractivity contribution >= 4 is 27.5 Å². The number of hydrogen-bond donors (Lipinski definition) is 1. The van der Waals surface area contributed by atoms with Gasteiger partial charge in [0.25, 0.3) is 12.0 Å². The van der Waals surface area contributed by atoms with Crippen LogP contribution in [0.1, 0.15) is 17.6 Å². The third-order valence-corrected chi connectivity index (χ3v) is 2.20. The van der Waals surface area contributed by atoms with Crippen molar-refractivity contribution in [2.45, 2.75) is 12.3 Å². The molecule has 0 radical (unpaired) electrons. The lowest BCUT2D eigenvalue weighted by atomic mass is 10.2. The Morgan fingerprint density at radius 1 is 1.62 bits per heavy atom. The lowest BCUT2D eigenvalue weighted by Crippen LogP contribution is -2.14. The van der Waals surface area contributed by atoms with E-state index < -0.39 is 12.0 Å². The first-order valence-electron chi connectivity index (χ1n) is 3.32. The minimum absolute atomic E-state index is 0.0835. The quantitative estimate of drug-likeness (QED) is 0.652. The summed E-state index contributed by atoms with van der Waals surface area (Å²) in [5.74, 6) is -0.220. The van der Waals surface area contributed by atoms with E-state index in [0.29, 0.717) is 0 Å². The van der Waals surface area contributed by atoms with Gasteiger partial charge in [0.1, 0.15) is 0 Å². The third kappa shape index (κ3) is 2.28. The molecule has 0 saturated heterocycles. The Bertz CT molecular complexity index is 366. The maximum atomic E-state index is 12.3. The van der Waals surface area contributed by atoms with Crippen molar-refractivity contribution in [2.24, 2.45) is 0 Å². The van der Waals surface area contributed by atoms with Crippen molar-refractivity contribution in [3.05, 3.63) is 32.2 Å². The van der Waals surface area contributed by atoms with Gasteiger partial charge in [0, 0.05) is 11.1 Å². The van der Waals surface area contributed by atoms with Crippen LogP contribution in [0.3, 0.4) is 0 Å². The highest BCUT2D eigenvalue weighted by atomic mass is 79.9. The molecule has 0 unspecified atom stereocenters. The number of pyridine rings is 1. The minimum Gasteiger partial charge on any atom is -0.316 e. The van der Waals surface area contributed by atoms with E-state index in [1.807, 2.05) is 0 Å². The molecule has 0 aliphatic carbocycles. The van der Waals surface area contributed by atoms with Crippen molar-refractivity contribution in [2.75, 3.05) is 0 Å². The van der Waals surface area contributed by atoms with E-state index in [1.54, 1.807) is 0 Å². The van der Waals surface area contributed by atoms with Gasteiger partial charge in [0.15, 0.2) is 0 Å². The zero-order valence-electron chi connectivity index (χ0n) is 6.28. The molecule has 1 N–H and O–H groups in total. The number of rotatable bonds is 2. The summed E-state index contributed by atoms with van der Waals surface area (Å²) in [5, 5.41) is 0. The summed E-state index contributed by atoms with van der Waals surface area (Å²) < 4.78 is 24.9. The van der Waals surface area contributed by atoms with E-state index in [0.717, 1.165) is 6.07 Å². The molecular formula is C7H5BrClF2NO. The number of halogens is 4. The average molecular weight is 272 g/mol. The normalized spacial score (nSPS) is 10.8. The molecule has 0 bridgehead atoms. The lowest BCUT2D eigenvalue weighted by molar-refractivity contribution is 0.150. The van der Waals surface area contributed by atoms with Crippen LogP contribution in [0.25, 0.3) is 0 Å². The van der Waals surface area contributed by atoms with Crippen molar-refractivity contribution < 1.29 is 8.78 Å². The minimum atomic E-state index is -2.69. The van der Waals surface area contributed by atoms with Crippen molar-refractivity contribution in [3.8, 4) is 0 Å². The van der Waals surface area contributed by atoms with Crippen molar-refractivity contribution in [1.29, 1.82) is 0 Å². The zero-order valence-corrected chi connectivity index (χ0v) is 8.62. The molecule has 0 aliphatic rings. The first-order valence-corrected chi connectivity index (χ1v) is 4.64. The predicted octanol–water partition coefficient (Wildman–Crippen LogP) is 2.81. The number of aromatic nitrogens is 1. The molecule has 1 rings (SSSR count). The van der Waals surface area contributed by atoms with Crippen LogP contribution in [-0.4, -0.2) is 4.98 Å². The Morgan fingerprint density at radius 3 is 2.69 bits per heavy atom. The second-order valence-electron chi connectivity index (χ2n) is 2.31. The molecule has 1 heterocycles. The highest BCUT2D eigenvalue weighted by molar-refractivity contribution is 9.10. The molecule has 1 aromatic heterocycles. The number of aromatic amines is 1. The van der Waals surface area contributed by atoms with E-state index in [9.17, 15) is 13.6 Å². The van der Waals surface area contributed by atoms with Crippen molar-refractivity contribution in [1.82, 2.24) is 4.98 Å². The van der Waals surface area contributed by atoms with Crippen molar-refractivity contribution in [3.63, 3.8) is 0 Å². The fraction of sp³-hybridized carbons (Fsp3) is 0.286. The van der Waals surface area contributed by atoms with Gasteiger partial charge in [-0.2, -0.15) is 0 Å². The van der Waals surface area contributed by atoms with Crippen LogP contribution >= 0.6 is 27.5 Å². The molecule has 72 valence electrons. The van der Waals surface area contributed by atoms with E-state index in [2.05, 4.69) is 20.9 Å². The van der Waals surface area contributed by atoms with E-state index in [4.69, 9.17) is 11.6 Å². The van der Waals surface area contributed by atoms with Gasteiger partial charge in [-0.25, -0.2) is 8.78 Å². The van der Waals surface area contributed by atoms with Crippen LogP contribution in [0.5, 0.6) is 0 Å². The van der Waals surface area contributed by atoms with E-state index in [1.165, 1.54) is 0 Å². The van der Waals surface area contributed by atoms with E-state index >= 15 is 0 Å². The number of H-pyrrole nitrogens is 1. The average Bonchev–Trinajstić information content (AvgIpc) is 2.02. The fourth-order valence-electron chi connectivity index (χ4n) is 0.907. The summed E-state index contributed by atoms with van der Waals surface area (Å²) in [6.07, 6.45) is -2.69. The predicted molar refractivity (Wildman–Crippen MR) is 49.3 cm³/mol. The smallest absolute Gasteiger partial charge is 0.264 e. The summed E-state index contributed by atoms with van der Waals surface area (Å²) in [5.41, 5.74) is -0.995. The number of alkyl halides is 3. The molecule has 0 aliphatic heterocycles. The molecule has 0 saturated carbocycles. The Balaban J connectivity index is 3.38. The Morgan fingerprint density at radius 2 is 2.23 bits per heavy atom. The summed E-state index contributed by atoms with van der Waals surface area (Å²) in [6, 6.07) is 1.16. The number of hydrogen-bond acceptors (Lipinski definition) is 1. The molecule has 13 heavy (non-hydrogen) atoms. The zero-order chi connectivity index (χ0) is 10.0. The van der Waals surface area contributed by atoms with Gasteiger partial charge in [-0.05, 0) is 22.0 Å². The summed E-state index contributed by atoms with van der Waals surface area (Å²) in [6.45, 7) is 0. The van der Waals surface area contributed by atoms with Gasteiger partial charge >= 0.3 is 0 Å². The molecule has 0 amide bonds. The molecule has 2 nitrogen and oxygen atoms in total. The fourth-order valence-corrected chi connectivity index (χ4v) is 1.61. The second kappa shape index (κ2) is 4.19. The largest absolute Gasteiger partial charge is 0.316 e. The summed E-state index contributed by atoms with van der Waals surface area (Å²) in [4.78, 5) is 13.4. The van der Waals surface area contributed by atoms with Gasteiger partial charge < -0.3 is 4.98 Å². The molecule has 0 spiro atoms. The maximum absolute atomic E-state index is 12.3. The van der Waals surface area contributed by atoms with Crippen LogP contribution in [0.4, 0.5) is 8.78 Å². The molecule has 0 atom stereocenters. The SMILES string of the molecule is O=c1[nH]c(Br)cc(C(F)F)c1CCl. The lowest BCUT2D eigenvalue weighted by Gasteiger charge is -2.04. The Kier molecular flexibility index (Phi) is 3.44. The first-order chi connectivity index (χ1) is 6.06. The summed E-state index contributed by atoms with van der Waals surface area (Å²) in [7, 11) is 0. The monoisotopic (exact) mass is 271 g/mol. The van der Waals surface area contributed by atoms with E-state index in [-0.39, 0.29) is 21.6 Å². The van der Waals surface area contributed by atoms with Gasteiger partial charge in [0.2, 0.25) is 0 Å². The molecule has 0 fully saturated rings. The van der Waals surface area contributed by atoms with Gasteiger partial charge in [-0.15, -0.1) is 11.6 Å².